The predicted molar refractivity (Wildman–Crippen MR) is 101 cm³/mol. The van der Waals surface area contributed by atoms with Gasteiger partial charge in [-0.05, 0) is 35.9 Å². The number of amides is 1. The SMILES string of the molecule is COc1ccc(NC(=O)/C(C#N)=C/c2ccc(OC)c(OC)c2)c([N+](=O)[O-])c1. The Bertz CT molecular complexity index is 978. The Kier molecular flexibility index (Phi) is 6.54. The summed E-state index contributed by atoms with van der Waals surface area (Å²) in [5.74, 6) is 0.410. The lowest BCUT2D eigenvalue weighted by Crippen LogP contribution is -2.14. The van der Waals surface area contributed by atoms with Gasteiger partial charge in [0.1, 0.15) is 23.1 Å². The highest BCUT2D eigenvalue weighted by Gasteiger charge is 2.19. The average molecular weight is 383 g/mol. The summed E-state index contributed by atoms with van der Waals surface area (Å²) in [5, 5.41) is 22.9. The van der Waals surface area contributed by atoms with Gasteiger partial charge in [-0.25, -0.2) is 0 Å². The molecule has 0 heterocycles. The van der Waals surface area contributed by atoms with Crippen LogP contribution < -0.4 is 19.5 Å². The Morgan fingerprint density at radius 3 is 2.39 bits per heavy atom. The summed E-state index contributed by atoms with van der Waals surface area (Å²) >= 11 is 0. The number of hydrogen-bond acceptors (Lipinski definition) is 7. The molecule has 9 heteroatoms. The molecule has 0 aliphatic heterocycles. The molecule has 2 aromatic rings. The number of carbonyl (C=O) groups excluding carboxylic acids is 1. The maximum absolute atomic E-state index is 12.4. The molecule has 0 saturated carbocycles. The van der Waals surface area contributed by atoms with Gasteiger partial charge in [-0.3, -0.25) is 14.9 Å². The van der Waals surface area contributed by atoms with Gasteiger partial charge in [0.2, 0.25) is 0 Å². The fourth-order valence-corrected chi connectivity index (χ4v) is 2.34. The molecular weight excluding hydrogens is 366 g/mol. The summed E-state index contributed by atoms with van der Waals surface area (Å²) in [6, 6.07) is 10.6. The molecule has 0 unspecified atom stereocenters. The van der Waals surface area contributed by atoms with Gasteiger partial charge in [0.25, 0.3) is 11.6 Å². The molecule has 0 bridgehead atoms. The van der Waals surface area contributed by atoms with E-state index in [2.05, 4.69) is 5.32 Å². The Labute approximate surface area is 160 Å². The number of rotatable bonds is 7. The van der Waals surface area contributed by atoms with Crippen molar-refractivity contribution in [2.75, 3.05) is 26.6 Å². The topological polar surface area (TPSA) is 124 Å². The molecule has 0 fully saturated rings. The highest BCUT2D eigenvalue weighted by molar-refractivity contribution is 6.10. The standard InChI is InChI=1S/C19H17N3O6/c1-26-14-5-6-15(16(10-14)22(24)25)21-19(23)13(11-20)8-12-4-7-17(27-2)18(9-12)28-3/h4-10H,1-3H3,(H,21,23)/b13-8+. The zero-order valence-electron chi connectivity index (χ0n) is 15.4. The molecule has 0 aliphatic carbocycles. The van der Waals surface area contributed by atoms with Crippen LogP contribution in [0.3, 0.4) is 0 Å². The average Bonchev–Trinajstić information content (AvgIpc) is 2.71. The number of ether oxygens (including phenoxy) is 3. The lowest BCUT2D eigenvalue weighted by atomic mass is 10.1. The third-order valence-electron chi connectivity index (χ3n) is 3.73. The highest BCUT2D eigenvalue weighted by Crippen LogP contribution is 2.30. The van der Waals surface area contributed by atoms with E-state index >= 15 is 0 Å². The first-order valence-corrected chi connectivity index (χ1v) is 7.91. The van der Waals surface area contributed by atoms with E-state index in [4.69, 9.17) is 14.2 Å². The Morgan fingerprint density at radius 1 is 1.11 bits per heavy atom. The molecule has 2 rings (SSSR count). The monoisotopic (exact) mass is 383 g/mol. The number of hydrogen-bond donors (Lipinski definition) is 1. The first kappa shape index (κ1) is 20.3. The van der Waals surface area contributed by atoms with Crippen molar-refractivity contribution < 1.29 is 23.9 Å². The minimum absolute atomic E-state index is 0.0516. The molecule has 0 aromatic heterocycles. The number of nitrogens with zero attached hydrogens (tertiary/aromatic N) is 2. The van der Waals surface area contributed by atoms with Crippen molar-refractivity contribution in [3.05, 3.63) is 57.6 Å². The summed E-state index contributed by atoms with van der Waals surface area (Å²) in [4.78, 5) is 23.0. The Morgan fingerprint density at radius 2 is 1.82 bits per heavy atom. The third kappa shape index (κ3) is 4.56. The van der Waals surface area contributed by atoms with Crippen molar-refractivity contribution in [1.29, 1.82) is 5.26 Å². The maximum Gasteiger partial charge on any atom is 0.296 e. The molecule has 1 N–H and O–H groups in total. The smallest absolute Gasteiger partial charge is 0.296 e. The van der Waals surface area contributed by atoms with E-state index in [-0.39, 0.29) is 22.7 Å². The second-order valence-electron chi connectivity index (χ2n) is 5.38. The molecule has 1 amide bonds. The number of nitro benzene ring substituents is 1. The molecule has 0 radical (unpaired) electrons. The second-order valence-corrected chi connectivity index (χ2v) is 5.38. The largest absolute Gasteiger partial charge is 0.496 e. The minimum Gasteiger partial charge on any atom is -0.496 e. The quantitative estimate of drug-likeness (QED) is 0.337. The van der Waals surface area contributed by atoms with Crippen molar-refractivity contribution in [2.45, 2.75) is 0 Å². The highest BCUT2D eigenvalue weighted by atomic mass is 16.6. The molecule has 9 nitrogen and oxygen atoms in total. The van der Waals surface area contributed by atoms with Crippen LogP contribution in [0.5, 0.6) is 17.2 Å². The number of nitro groups is 1. The molecule has 144 valence electrons. The van der Waals surface area contributed by atoms with Crippen molar-refractivity contribution in [2.24, 2.45) is 0 Å². The summed E-state index contributed by atoms with van der Waals surface area (Å²) in [5.41, 5.74) is -0.119. The number of methoxy groups -OCH3 is 3. The molecule has 0 aliphatic rings. The Hall–Kier alpha value is -4.06. The molecule has 0 spiro atoms. The first-order chi connectivity index (χ1) is 13.4. The van der Waals surface area contributed by atoms with Crippen molar-refractivity contribution in [3.8, 4) is 23.3 Å². The van der Waals surface area contributed by atoms with Crippen LogP contribution in [0.4, 0.5) is 11.4 Å². The minimum atomic E-state index is -0.787. The van der Waals surface area contributed by atoms with Gasteiger partial charge in [0, 0.05) is 0 Å². The van der Waals surface area contributed by atoms with Crippen molar-refractivity contribution in [3.63, 3.8) is 0 Å². The summed E-state index contributed by atoms with van der Waals surface area (Å²) in [6.07, 6.45) is 1.34. The number of anilines is 1. The number of benzene rings is 2. The van der Waals surface area contributed by atoms with Crippen LogP contribution in [0, 0.1) is 21.4 Å². The van der Waals surface area contributed by atoms with Gasteiger partial charge in [0.05, 0.1) is 32.3 Å². The van der Waals surface area contributed by atoms with E-state index in [1.165, 1.54) is 45.6 Å². The van der Waals surface area contributed by atoms with Crippen LogP contribution in [0.15, 0.2) is 42.0 Å². The predicted octanol–water partition coefficient (Wildman–Crippen LogP) is 3.17. The van der Waals surface area contributed by atoms with E-state index < -0.39 is 10.8 Å². The number of nitrogens with one attached hydrogen (secondary N) is 1. The van der Waals surface area contributed by atoms with Gasteiger partial charge in [0.15, 0.2) is 11.5 Å². The zero-order valence-corrected chi connectivity index (χ0v) is 15.4. The lowest BCUT2D eigenvalue weighted by Gasteiger charge is -2.09. The van der Waals surface area contributed by atoms with E-state index in [1.807, 2.05) is 0 Å². The van der Waals surface area contributed by atoms with Gasteiger partial charge in [-0.1, -0.05) is 6.07 Å². The maximum atomic E-state index is 12.4. The van der Waals surface area contributed by atoms with Crippen LogP contribution in [0.1, 0.15) is 5.56 Å². The van der Waals surface area contributed by atoms with Crippen LogP contribution >= 0.6 is 0 Å². The van der Waals surface area contributed by atoms with Crippen LogP contribution in [0.2, 0.25) is 0 Å². The fourth-order valence-electron chi connectivity index (χ4n) is 2.34. The van der Waals surface area contributed by atoms with E-state index in [9.17, 15) is 20.2 Å². The van der Waals surface area contributed by atoms with Crippen LogP contribution in [0.25, 0.3) is 6.08 Å². The van der Waals surface area contributed by atoms with Crippen LogP contribution in [-0.2, 0) is 4.79 Å². The van der Waals surface area contributed by atoms with Gasteiger partial charge >= 0.3 is 0 Å². The van der Waals surface area contributed by atoms with Gasteiger partial charge in [-0.2, -0.15) is 5.26 Å². The van der Waals surface area contributed by atoms with E-state index in [0.717, 1.165) is 0 Å². The normalized spacial score (nSPS) is 10.6. The zero-order chi connectivity index (χ0) is 20.7. The lowest BCUT2D eigenvalue weighted by molar-refractivity contribution is -0.384. The van der Waals surface area contributed by atoms with Crippen LogP contribution in [-0.4, -0.2) is 32.2 Å². The molecule has 0 atom stereocenters. The Balaban J connectivity index is 2.33. The molecule has 28 heavy (non-hydrogen) atoms. The van der Waals surface area contributed by atoms with Crippen molar-refractivity contribution >= 4 is 23.4 Å². The molecule has 0 saturated heterocycles. The summed E-state index contributed by atoms with van der Waals surface area (Å²) in [7, 11) is 4.33. The van der Waals surface area contributed by atoms with Gasteiger partial charge in [-0.15, -0.1) is 0 Å². The molecule has 2 aromatic carbocycles. The van der Waals surface area contributed by atoms with E-state index in [0.29, 0.717) is 17.1 Å². The summed E-state index contributed by atoms with van der Waals surface area (Å²) in [6.45, 7) is 0. The summed E-state index contributed by atoms with van der Waals surface area (Å²) < 4.78 is 15.3. The van der Waals surface area contributed by atoms with E-state index in [1.54, 1.807) is 24.3 Å². The van der Waals surface area contributed by atoms with Gasteiger partial charge < -0.3 is 19.5 Å². The molecular formula is C19H17N3O6. The third-order valence-corrected chi connectivity index (χ3v) is 3.73. The fraction of sp³-hybridized carbons (Fsp3) is 0.158. The second kappa shape index (κ2) is 9.05. The van der Waals surface area contributed by atoms with Crippen molar-refractivity contribution in [1.82, 2.24) is 0 Å². The number of carbonyl (C=O) groups is 1. The first-order valence-electron chi connectivity index (χ1n) is 7.91. The number of nitriles is 1.